The molecule has 3 N–H and O–H groups in total. The third-order valence-corrected chi connectivity index (χ3v) is 4.68. The maximum absolute atomic E-state index is 9.71. The van der Waals surface area contributed by atoms with Crippen LogP contribution in [0.15, 0.2) is 0 Å². The Morgan fingerprint density at radius 2 is 2.06 bits per heavy atom. The van der Waals surface area contributed by atoms with Crippen molar-refractivity contribution in [3.63, 3.8) is 0 Å². The number of nitrogens with zero attached hydrogens (tertiary/aromatic N) is 1. The van der Waals surface area contributed by atoms with Crippen LogP contribution in [-0.2, 0) is 0 Å². The van der Waals surface area contributed by atoms with Crippen LogP contribution in [-0.4, -0.2) is 41.8 Å². The van der Waals surface area contributed by atoms with Crippen molar-refractivity contribution in [1.82, 2.24) is 4.90 Å². The maximum Gasteiger partial charge on any atom is 0.0667 e. The SMILES string of the molecule is CC1CC(C)C(CN2CCCC(O)C2)C(N)C1. The fraction of sp³-hybridized carbons (Fsp3) is 1.00. The van der Waals surface area contributed by atoms with Crippen LogP contribution < -0.4 is 5.73 Å². The molecule has 1 saturated heterocycles. The largest absolute Gasteiger partial charge is 0.392 e. The molecule has 17 heavy (non-hydrogen) atoms. The number of aliphatic hydroxyl groups is 1. The van der Waals surface area contributed by atoms with E-state index in [1.807, 2.05) is 0 Å². The summed E-state index contributed by atoms with van der Waals surface area (Å²) >= 11 is 0. The molecule has 2 fully saturated rings. The lowest BCUT2D eigenvalue weighted by Crippen LogP contribution is -2.49. The minimum atomic E-state index is -0.113. The van der Waals surface area contributed by atoms with E-state index in [4.69, 9.17) is 5.73 Å². The predicted octanol–water partition coefficient (Wildman–Crippen LogP) is 1.45. The van der Waals surface area contributed by atoms with E-state index in [1.165, 1.54) is 12.8 Å². The lowest BCUT2D eigenvalue weighted by atomic mass is 9.72. The van der Waals surface area contributed by atoms with Crippen molar-refractivity contribution in [2.75, 3.05) is 19.6 Å². The highest BCUT2D eigenvalue weighted by atomic mass is 16.3. The highest BCUT2D eigenvalue weighted by molar-refractivity contribution is 4.88. The molecule has 2 rings (SSSR count). The molecule has 1 aliphatic heterocycles. The van der Waals surface area contributed by atoms with Crippen LogP contribution in [0.4, 0.5) is 0 Å². The average Bonchev–Trinajstić information content (AvgIpc) is 2.23. The van der Waals surface area contributed by atoms with Crippen molar-refractivity contribution in [3.05, 3.63) is 0 Å². The van der Waals surface area contributed by atoms with Gasteiger partial charge in [-0.1, -0.05) is 13.8 Å². The minimum absolute atomic E-state index is 0.113. The van der Waals surface area contributed by atoms with Crippen LogP contribution in [0.2, 0.25) is 0 Å². The number of likely N-dealkylation sites (tertiary alicyclic amines) is 1. The van der Waals surface area contributed by atoms with Crippen LogP contribution in [0, 0.1) is 17.8 Å². The molecular weight excluding hydrogens is 212 g/mol. The number of nitrogens with two attached hydrogens (primary N) is 1. The molecule has 0 aromatic heterocycles. The van der Waals surface area contributed by atoms with Crippen LogP contribution >= 0.6 is 0 Å². The molecule has 5 atom stereocenters. The van der Waals surface area contributed by atoms with Crippen molar-refractivity contribution in [2.45, 2.75) is 51.7 Å². The fourth-order valence-electron chi connectivity index (χ4n) is 3.78. The highest BCUT2D eigenvalue weighted by Crippen LogP contribution is 2.33. The topological polar surface area (TPSA) is 49.5 Å². The van der Waals surface area contributed by atoms with Gasteiger partial charge in [-0.2, -0.15) is 0 Å². The molecule has 0 amide bonds. The highest BCUT2D eigenvalue weighted by Gasteiger charge is 2.33. The van der Waals surface area contributed by atoms with Gasteiger partial charge >= 0.3 is 0 Å². The van der Waals surface area contributed by atoms with Crippen molar-refractivity contribution < 1.29 is 5.11 Å². The van der Waals surface area contributed by atoms with Crippen molar-refractivity contribution in [1.29, 1.82) is 0 Å². The molecule has 0 aromatic rings. The van der Waals surface area contributed by atoms with Crippen molar-refractivity contribution >= 4 is 0 Å². The summed E-state index contributed by atoms with van der Waals surface area (Å²) in [5.41, 5.74) is 6.32. The first-order chi connectivity index (χ1) is 8.06. The molecule has 3 nitrogen and oxygen atoms in total. The Morgan fingerprint density at radius 1 is 1.29 bits per heavy atom. The number of rotatable bonds is 2. The van der Waals surface area contributed by atoms with Crippen LogP contribution in [0.5, 0.6) is 0 Å². The van der Waals surface area contributed by atoms with Crippen molar-refractivity contribution in [2.24, 2.45) is 23.5 Å². The Morgan fingerprint density at radius 3 is 2.71 bits per heavy atom. The molecule has 3 heteroatoms. The van der Waals surface area contributed by atoms with E-state index in [-0.39, 0.29) is 6.10 Å². The van der Waals surface area contributed by atoms with Gasteiger partial charge in [-0.05, 0) is 50.0 Å². The summed E-state index contributed by atoms with van der Waals surface area (Å²) < 4.78 is 0. The molecule has 0 radical (unpaired) electrons. The molecular formula is C14H28N2O. The number of hydrogen-bond donors (Lipinski definition) is 2. The van der Waals surface area contributed by atoms with E-state index in [2.05, 4.69) is 18.7 Å². The summed E-state index contributed by atoms with van der Waals surface area (Å²) in [4.78, 5) is 2.42. The molecule has 0 bridgehead atoms. The number of hydrogen-bond acceptors (Lipinski definition) is 3. The maximum atomic E-state index is 9.71. The quantitative estimate of drug-likeness (QED) is 0.768. The summed E-state index contributed by atoms with van der Waals surface area (Å²) in [6.07, 6.45) is 4.48. The molecule has 5 unspecified atom stereocenters. The van der Waals surface area contributed by atoms with Gasteiger partial charge in [0.1, 0.15) is 0 Å². The first kappa shape index (κ1) is 13.3. The standard InChI is InChI=1S/C14H28N2O/c1-10-6-11(2)13(14(15)7-10)9-16-5-3-4-12(17)8-16/h10-14,17H,3-9,15H2,1-2H3. The second-order valence-electron chi connectivity index (χ2n) is 6.44. The number of piperidine rings is 1. The number of aliphatic hydroxyl groups excluding tert-OH is 1. The molecule has 100 valence electrons. The van der Waals surface area contributed by atoms with Crippen LogP contribution in [0.1, 0.15) is 39.5 Å². The molecule has 2 aliphatic rings. The summed E-state index contributed by atoms with van der Waals surface area (Å²) in [5.74, 6) is 2.13. The minimum Gasteiger partial charge on any atom is -0.392 e. The van der Waals surface area contributed by atoms with Gasteiger partial charge in [-0.15, -0.1) is 0 Å². The smallest absolute Gasteiger partial charge is 0.0667 e. The van der Waals surface area contributed by atoms with Gasteiger partial charge in [-0.3, -0.25) is 0 Å². The Bertz CT molecular complexity index is 234. The summed E-state index contributed by atoms with van der Waals surface area (Å²) in [7, 11) is 0. The molecule has 0 aromatic carbocycles. The summed E-state index contributed by atoms with van der Waals surface area (Å²) in [5, 5.41) is 9.71. The zero-order valence-electron chi connectivity index (χ0n) is 11.3. The lowest BCUT2D eigenvalue weighted by molar-refractivity contribution is 0.0423. The van der Waals surface area contributed by atoms with Gasteiger partial charge in [0.15, 0.2) is 0 Å². The van der Waals surface area contributed by atoms with Crippen molar-refractivity contribution in [3.8, 4) is 0 Å². The third-order valence-electron chi connectivity index (χ3n) is 4.68. The normalized spacial score (nSPS) is 44.8. The van der Waals surface area contributed by atoms with Gasteiger partial charge in [0.2, 0.25) is 0 Å². The van der Waals surface area contributed by atoms with E-state index < -0.39 is 0 Å². The Hall–Kier alpha value is -0.120. The fourth-order valence-corrected chi connectivity index (χ4v) is 3.78. The summed E-state index contributed by atoms with van der Waals surface area (Å²) in [6, 6.07) is 0.354. The molecule has 1 aliphatic carbocycles. The lowest BCUT2D eigenvalue weighted by Gasteiger charge is -2.41. The monoisotopic (exact) mass is 240 g/mol. The second kappa shape index (κ2) is 5.68. The Balaban J connectivity index is 1.88. The Labute approximate surface area is 105 Å². The Kier molecular flexibility index (Phi) is 4.45. The van der Waals surface area contributed by atoms with E-state index in [0.29, 0.717) is 12.0 Å². The van der Waals surface area contributed by atoms with Gasteiger partial charge in [0.25, 0.3) is 0 Å². The third kappa shape index (κ3) is 3.43. The molecule has 0 spiro atoms. The van der Waals surface area contributed by atoms with Crippen LogP contribution in [0.25, 0.3) is 0 Å². The van der Waals surface area contributed by atoms with Gasteiger partial charge in [0, 0.05) is 19.1 Å². The molecule has 1 saturated carbocycles. The predicted molar refractivity (Wildman–Crippen MR) is 70.7 cm³/mol. The molecule has 1 heterocycles. The van der Waals surface area contributed by atoms with E-state index >= 15 is 0 Å². The van der Waals surface area contributed by atoms with E-state index in [0.717, 1.165) is 44.3 Å². The zero-order valence-corrected chi connectivity index (χ0v) is 11.3. The first-order valence-electron chi connectivity index (χ1n) is 7.22. The van der Waals surface area contributed by atoms with Gasteiger partial charge < -0.3 is 15.7 Å². The second-order valence-corrected chi connectivity index (χ2v) is 6.44. The van der Waals surface area contributed by atoms with Crippen LogP contribution in [0.3, 0.4) is 0 Å². The van der Waals surface area contributed by atoms with E-state index in [1.54, 1.807) is 0 Å². The van der Waals surface area contributed by atoms with Gasteiger partial charge in [-0.25, -0.2) is 0 Å². The first-order valence-corrected chi connectivity index (χ1v) is 7.22. The van der Waals surface area contributed by atoms with Gasteiger partial charge in [0.05, 0.1) is 6.10 Å². The van der Waals surface area contributed by atoms with E-state index in [9.17, 15) is 5.11 Å². The zero-order chi connectivity index (χ0) is 12.4. The average molecular weight is 240 g/mol. The number of β-amino-alcohol motifs (C(OH)–C–C–N with tert-alkyl or cyclic N) is 1. The summed E-state index contributed by atoms with van der Waals surface area (Å²) in [6.45, 7) is 7.75.